The van der Waals surface area contributed by atoms with Gasteiger partial charge in [-0.15, -0.1) is 22.7 Å². The lowest BCUT2D eigenvalue weighted by molar-refractivity contribution is 0.0411. The highest BCUT2D eigenvalue weighted by molar-refractivity contribution is 7.16. The average molecular weight is 1090 g/mol. The Kier molecular flexibility index (Phi) is 21.7. The minimum absolute atomic E-state index is 0. The quantitative estimate of drug-likeness (QED) is 0.103. The lowest BCUT2D eigenvalue weighted by Crippen LogP contribution is -2.50. The Morgan fingerprint density at radius 2 is 1.03 bits per heavy atom. The standard InChI is InChI=1S/C25H32ClN5O3S.C20H25ClN4OS.C5H8ClNO2.CH4/c1-25(2,3)23(32)31-19(7-5-18-6-8-20(26)35-18)22(27-4)21(28-31)17-9-11-29(12-10-17)24(33)30-13-15-34-16-14-30;1-20(2,3)19(26)25-15(7-5-14-6-8-16(21)27-14)18(22-4)17(24-25)13-9-11-23-12-10-13;6-5(8)7-1-3-9-4-2-7;/h6,8,17H,5,7,9-16H2,1-3H3;6,8,13,23H,5,7,9-12H2,1-3H3;1-4H2;1H4. The maximum atomic E-state index is 13.3. The number of morpholine rings is 2. The fraction of sp³-hybridized carbons (Fsp3) is 0.608. The van der Waals surface area contributed by atoms with Crippen LogP contribution < -0.4 is 5.32 Å². The third-order valence-electron chi connectivity index (χ3n) is 12.7. The van der Waals surface area contributed by atoms with Crippen LogP contribution in [0.15, 0.2) is 24.3 Å². The van der Waals surface area contributed by atoms with Crippen molar-refractivity contribution >= 4 is 92.1 Å². The summed E-state index contributed by atoms with van der Waals surface area (Å²) in [6.45, 7) is 34.9. The van der Waals surface area contributed by atoms with E-state index in [1.54, 1.807) is 16.2 Å². The number of thiophene rings is 2. The summed E-state index contributed by atoms with van der Waals surface area (Å²) in [6.07, 6.45) is 5.92. The van der Waals surface area contributed by atoms with Gasteiger partial charge in [-0.2, -0.15) is 10.2 Å². The number of carbonyl (C=O) groups is 4. The van der Waals surface area contributed by atoms with Crippen LogP contribution in [-0.2, 0) is 35.2 Å². The maximum Gasteiger partial charge on any atom is 0.320 e. The number of aryl methyl sites for hydroxylation is 2. The van der Waals surface area contributed by atoms with Crippen LogP contribution >= 0.6 is 57.5 Å². The number of amides is 3. The molecule has 0 unspecified atom stereocenters. The molecule has 0 bridgehead atoms. The van der Waals surface area contributed by atoms with Gasteiger partial charge in [-0.25, -0.2) is 23.8 Å². The molecule has 4 aliphatic heterocycles. The molecule has 0 aliphatic carbocycles. The fourth-order valence-electron chi connectivity index (χ4n) is 8.73. The fourth-order valence-corrected chi connectivity index (χ4v) is 11.1. The van der Waals surface area contributed by atoms with Crippen molar-refractivity contribution in [1.29, 1.82) is 0 Å². The first-order valence-corrected chi connectivity index (χ1v) is 27.0. The third-order valence-corrected chi connectivity index (χ3v) is 15.6. The Balaban J connectivity index is 0.000000230. The van der Waals surface area contributed by atoms with E-state index in [2.05, 4.69) is 15.0 Å². The lowest BCUT2D eigenvalue weighted by Gasteiger charge is -2.36. The van der Waals surface area contributed by atoms with E-state index in [9.17, 15) is 19.2 Å². The molecule has 3 amide bonds. The van der Waals surface area contributed by atoms with Gasteiger partial charge in [0.15, 0.2) is 0 Å². The molecule has 0 atom stereocenters. The minimum Gasteiger partial charge on any atom is -0.378 e. The molecule has 1 N–H and O–H groups in total. The van der Waals surface area contributed by atoms with Gasteiger partial charge >= 0.3 is 11.4 Å². The van der Waals surface area contributed by atoms with Gasteiger partial charge < -0.3 is 29.5 Å². The third kappa shape index (κ3) is 15.4. The van der Waals surface area contributed by atoms with Crippen molar-refractivity contribution in [3.8, 4) is 0 Å². The zero-order valence-electron chi connectivity index (χ0n) is 41.5. The number of urea groups is 1. The first-order valence-electron chi connectivity index (χ1n) is 24.2. The number of rotatable bonds is 8. The first-order chi connectivity index (χ1) is 33.8. The number of hydrogen-bond donors (Lipinski definition) is 1. The van der Waals surface area contributed by atoms with Gasteiger partial charge in [0.05, 0.1) is 71.0 Å². The van der Waals surface area contributed by atoms with Gasteiger partial charge in [0.2, 0.25) is 11.4 Å². The van der Waals surface area contributed by atoms with Crippen molar-refractivity contribution in [1.82, 2.24) is 39.6 Å². The smallest absolute Gasteiger partial charge is 0.320 e. The van der Waals surface area contributed by atoms with Gasteiger partial charge in [0.1, 0.15) is 0 Å². The van der Waals surface area contributed by atoms with Crippen LogP contribution in [0.4, 0.5) is 21.0 Å². The molecule has 8 rings (SSSR count). The predicted octanol–water partition coefficient (Wildman–Crippen LogP) is 11.7. The molecule has 392 valence electrons. The number of hydrogen-bond acceptors (Lipinski definition) is 11. The van der Waals surface area contributed by atoms with Crippen LogP contribution in [0.25, 0.3) is 9.69 Å². The SMILES string of the molecule is C.O=C(Cl)N1CCOCC1.[C-]#[N+]c1c(C2CCN(C(=O)N3CCOCC3)CC2)nn(C(=O)C(C)(C)C)c1CCc1ccc(Cl)s1.[C-]#[N+]c1c(C2CCNCC2)nn(C(=O)C(C)(C)C)c1CCc1ccc(Cl)s1. The van der Waals surface area contributed by atoms with E-state index in [4.69, 9.17) is 67.6 Å². The molecule has 4 aromatic heterocycles. The van der Waals surface area contributed by atoms with Crippen LogP contribution in [0.5, 0.6) is 0 Å². The van der Waals surface area contributed by atoms with Crippen molar-refractivity contribution < 1.29 is 28.7 Å². The number of ether oxygens (including phenoxy) is 2. The second kappa shape index (κ2) is 26.7. The summed E-state index contributed by atoms with van der Waals surface area (Å²) < 4.78 is 14.8. The van der Waals surface area contributed by atoms with Gasteiger partial charge in [-0.3, -0.25) is 14.4 Å². The number of likely N-dealkylation sites (tertiary alicyclic amines) is 1. The number of carbonyl (C=O) groups excluding carboxylic acids is 4. The summed E-state index contributed by atoms with van der Waals surface area (Å²) in [4.78, 5) is 64.9. The molecular formula is C51H69Cl3N10O6S2. The summed E-state index contributed by atoms with van der Waals surface area (Å²) in [5.41, 5.74) is 2.77. The van der Waals surface area contributed by atoms with Crippen LogP contribution in [0, 0.1) is 24.0 Å². The van der Waals surface area contributed by atoms with E-state index < -0.39 is 10.8 Å². The highest BCUT2D eigenvalue weighted by atomic mass is 35.5. The normalized spacial score (nSPS) is 16.8. The van der Waals surface area contributed by atoms with E-state index in [-0.39, 0.29) is 42.5 Å². The molecule has 0 saturated carbocycles. The molecule has 0 aromatic carbocycles. The molecule has 16 nitrogen and oxygen atoms in total. The largest absolute Gasteiger partial charge is 0.378 e. The van der Waals surface area contributed by atoms with E-state index >= 15 is 0 Å². The summed E-state index contributed by atoms with van der Waals surface area (Å²) in [6, 6.07) is 7.80. The van der Waals surface area contributed by atoms with E-state index in [0.717, 1.165) is 75.0 Å². The highest BCUT2D eigenvalue weighted by Gasteiger charge is 2.36. The van der Waals surface area contributed by atoms with Crippen molar-refractivity contribution in [3.05, 3.63) is 88.3 Å². The van der Waals surface area contributed by atoms with Gasteiger partial charge in [0, 0.05) is 59.9 Å². The van der Waals surface area contributed by atoms with Gasteiger partial charge in [-0.1, -0.05) is 72.2 Å². The zero-order chi connectivity index (χ0) is 51.5. The number of halogens is 3. The number of nitrogens with zero attached hydrogens (tertiary/aromatic N) is 9. The Hall–Kier alpha value is -4.37. The van der Waals surface area contributed by atoms with Crippen molar-refractivity contribution in [2.24, 2.45) is 10.8 Å². The van der Waals surface area contributed by atoms with Crippen molar-refractivity contribution in [2.45, 2.75) is 112 Å². The monoisotopic (exact) mass is 1090 g/mol. The maximum absolute atomic E-state index is 13.3. The predicted molar refractivity (Wildman–Crippen MR) is 287 cm³/mol. The first kappa shape index (κ1) is 58.5. The molecule has 0 radical (unpaired) electrons. The second-order valence-corrected chi connectivity index (χ2v) is 23.9. The lowest BCUT2D eigenvalue weighted by atomic mass is 9.92. The molecule has 8 heterocycles. The van der Waals surface area contributed by atoms with Gasteiger partial charge in [0.25, 0.3) is 11.8 Å². The van der Waals surface area contributed by atoms with E-state index in [1.807, 2.05) is 75.6 Å². The van der Waals surface area contributed by atoms with Crippen LogP contribution in [0.1, 0.15) is 129 Å². The van der Waals surface area contributed by atoms with E-state index in [1.165, 1.54) is 20.7 Å². The number of nitrogens with one attached hydrogen (secondary N) is 1. The van der Waals surface area contributed by atoms with Crippen LogP contribution in [0.2, 0.25) is 8.67 Å². The Labute approximate surface area is 447 Å². The van der Waals surface area contributed by atoms with Crippen LogP contribution in [0.3, 0.4) is 0 Å². The highest BCUT2D eigenvalue weighted by Crippen LogP contribution is 2.40. The Morgan fingerprint density at radius 1 is 0.639 bits per heavy atom. The molecule has 4 fully saturated rings. The summed E-state index contributed by atoms with van der Waals surface area (Å²) in [5.74, 6) is 0.0932. The molecule has 21 heteroatoms. The number of piperidine rings is 2. The minimum atomic E-state index is -0.627. The summed E-state index contributed by atoms with van der Waals surface area (Å²) >= 11 is 20.4. The average Bonchev–Trinajstić information content (AvgIpc) is 4.17. The van der Waals surface area contributed by atoms with Crippen LogP contribution in [-0.4, -0.2) is 136 Å². The Bertz CT molecular complexity index is 2560. The molecule has 4 aliphatic rings. The zero-order valence-corrected chi connectivity index (χ0v) is 45.4. The summed E-state index contributed by atoms with van der Waals surface area (Å²) in [7, 11) is 0. The van der Waals surface area contributed by atoms with E-state index in [0.29, 0.717) is 108 Å². The molecular weight excluding hydrogens is 1020 g/mol. The van der Waals surface area contributed by atoms with Crippen molar-refractivity contribution in [3.63, 3.8) is 0 Å². The molecule has 72 heavy (non-hydrogen) atoms. The van der Waals surface area contributed by atoms with Gasteiger partial charge in [-0.05, 0) is 112 Å². The Morgan fingerprint density at radius 3 is 1.38 bits per heavy atom. The summed E-state index contributed by atoms with van der Waals surface area (Å²) in [5, 5.41) is 12.4. The second-order valence-electron chi connectivity index (χ2n) is 20.0. The van der Waals surface area contributed by atoms with Crippen molar-refractivity contribution in [2.75, 3.05) is 78.8 Å². The number of aromatic nitrogens is 4. The molecule has 0 spiro atoms. The molecule has 4 aromatic rings. The molecule has 4 saturated heterocycles. The topological polar surface area (TPSA) is 153 Å².